The smallest absolute Gasteiger partial charge is 0.342 e. The van der Waals surface area contributed by atoms with Gasteiger partial charge in [0.05, 0.1) is 16.6 Å². The molecule has 0 fully saturated rings. The van der Waals surface area contributed by atoms with E-state index in [1.165, 1.54) is 12.1 Å². The fraction of sp³-hybridized carbons (Fsp3) is 0.125. The number of alkyl halides is 3. The lowest BCUT2D eigenvalue weighted by Gasteiger charge is -2.10. The van der Waals surface area contributed by atoms with Gasteiger partial charge in [-0.05, 0) is 43.3 Å². The van der Waals surface area contributed by atoms with Crippen molar-refractivity contribution in [1.82, 2.24) is 9.97 Å². The maximum atomic E-state index is 12.7. The highest BCUT2D eigenvalue weighted by Crippen LogP contribution is 2.30. The van der Waals surface area contributed by atoms with Crippen LogP contribution in [0.1, 0.15) is 21.7 Å². The third-order valence-corrected chi connectivity index (χ3v) is 3.31. The number of halogens is 3. The Balaban J connectivity index is 1.85. The minimum Gasteiger partial charge on any atom is -0.342 e. The molecule has 4 nitrogen and oxygen atoms in total. The summed E-state index contributed by atoms with van der Waals surface area (Å²) in [6.45, 7) is 1.79. The molecule has 3 rings (SSSR count). The highest BCUT2D eigenvalue weighted by atomic mass is 19.4. The van der Waals surface area contributed by atoms with Crippen LogP contribution >= 0.6 is 0 Å². The molecule has 2 aromatic carbocycles. The van der Waals surface area contributed by atoms with E-state index in [0.717, 1.165) is 23.5 Å². The second kappa shape index (κ2) is 5.42. The van der Waals surface area contributed by atoms with E-state index in [9.17, 15) is 18.0 Å². The number of carbonyl (C=O) groups excluding carboxylic acids is 1. The van der Waals surface area contributed by atoms with Crippen LogP contribution in [0.3, 0.4) is 0 Å². The summed E-state index contributed by atoms with van der Waals surface area (Å²) in [4.78, 5) is 19.4. The van der Waals surface area contributed by atoms with Gasteiger partial charge in [-0.25, -0.2) is 4.98 Å². The van der Waals surface area contributed by atoms with Gasteiger partial charge in [-0.2, -0.15) is 13.2 Å². The number of H-pyrrole nitrogens is 1. The molecule has 23 heavy (non-hydrogen) atoms. The maximum absolute atomic E-state index is 12.7. The second-order valence-corrected chi connectivity index (χ2v) is 5.09. The standard InChI is InChI=1S/C16H12F3N3O/c1-9-20-13-6-5-10(7-14(13)21-9)15(23)22-12-4-2-3-11(8-12)16(17,18)19/h2-8H,1H3,(H,20,21)(H,22,23). The van der Waals surface area contributed by atoms with Gasteiger partial charge in [-0.15, -0.1) is 0 Å². The number of nitrogens with one attached hydrogen (secondary N) is 2. The van der Waals surface area contributed by atoms with Crippen molar-refractivity contribution in [2.45, 2.75) is 13.1 Å². The van der Waals surface area contributed by atoms with Gasteiger partial charge >= 0.3 is 6.18 Å². The second-order valence-electron chi connectivity index (χ2n) is 5.09. The van der Waals surface area contributed by atoms with Crippen molar-refractivity contribution >= 4 is 22.6 Å². The number of hydrogen-bond acceptors (Lipinski definition) is 2. The Morgan fingerprint density at radius 3 is 2.70 bits per heavy atom. The Morgan fingerprint density at radius 1 is 1.17 bits per heavy atom. The first-order valence-corrected chi connectivity index (χ1v) is 6.78. The van der Waals surface area contributed by atoms with Gasteiger partial charge in [-0.1, -0.05) is 6.07 Å². The normalized spacial score (nSPS) is 11.7. The topological polar surface area (TPSA) is 57.8 Å². The number of aromatic nitrogens is 2. The highest BCUT2D eigenvalue weighted by molar-refractivity contribution is 6.05. The first kappa shape index (κ1) is 15.1. The third kappa shape index (κ3) is 3.18. The van der Waals surface area contributed by atoms with Gasteiger partial charge in [0.1, 0.15) is 5.82 Å². The van der Waals surface area contributed by atoms with E-state index in [1.807, 2.05) is 0 Å². The number of rotatable bonds is 2. The summed E-state index contributed by atoms with van der Waals surface area (Å²) in [6, 6.07) is 9.38. The van der Waals surface area contributed by atoms with E-state index >= 15 is 0 Å². The Labute approximate surface area is 129 Å². The van der Waals surface area contributed by atoms with E-state index in [1.54, 1.807) is 25.1 Å². The quantitative estimate of drug-likeness (QED) is 0.746. The molecule has 0 saturated heterocycles. The number of nitrogens with zero attached hydrogens (tertiary/aromatic N) is 1. The number of anilines is 1. The molecular weight excluding hydrogens is 307 g/mol. The number of hydrogen-bond donors (Lipinski definition) is 2. The molecule has 1 aromatic heterocycles. The summed E-state index contributed by atoms with van der Waals surface area (Å²) in [6.07, 6.45) is -4.45. The lowest BCUT2D eigenvalue weighted by molar-refractivity contribution is -0.137. The summed E-state index contributed by atoms with van der Waals surface area (Å²) in [5, 5.41) is 2.47. The van der Waals surface area contributed by atoms with E-state index in [0.29, 0.717) is 11.1 Å². The third-order valence-electron chi connectivity index (χ3n) is 3.31. The fourth-order valence-electron chi connectivity index (χ4n) is 2.25. The summed E-state index contributed by atoms with van der Waals surface area (Å²) < 4.78 is 38.0. The minimum absolute atomic E-state index is 0.0886. The van der Waals surface area contributed by atoms with Crippen molar-refractivity contribution in [1.29, 1.82) is 0 Å². The molecule has 0 aliphatic heterocycles. The van der Waals surface area contributed by atoms with Crippen LogP contribution in [-0.2, 0) is 6.18 Å². The molecule has 118 valence electrons. The van der Waals surface area contributed by atoms with Crippen LogP contribution in [0.4, 0.5) is 18.9 Å². The van der Waals surface area contributed by atoms with Gasteiger partial charge in [0, 0.05) is 11.3 Å². The lowest BCUT2D eigenvalue weighted by Crippen LogP contribution is -2.13. The van der Waals surface area contributed by atoms with E-state index in [4.69, 9.17) is 0 Å². The predicted octanol–water partition coefficient (Wildman–Crippen LogP) is 4.14. The molecule has 0 unspecified atom stereocenters. The van der Waals surface area contributed by atoms with Crippen molar-refractivity contribution in [2.75, 3.05) is 5.32 Å². The van der Waals surface area contributed by atoms with Gasteiger partial charge in [-0.3, -0.25) is 4.79 Å². The summed E-state index contributed by atoms with van der Waals surface area (Å²) in [5.41, 5.74) is 1.02. The lowest BCUT2D eigenvalue weighted by atomic mass is 10.1. The van der Waals surface area contributed by atoms with Crippen LogP contribution in [0.15, 0.2) is 42.5 Å². The Morgan fingerprint density at radius 2 is 1.96 bits per heavy atom. The van der Waals surface area contributed by atoms with E-state index in [2.05, 4.69) is 15.3 Å². The molecule has 0 spiro atoms. The zero-order chi connectivity index (χ0) is 16.6. The summed E-state index contributed by atoms with van der Waals surface area (Å²) >= 11 is 0. The van der Waals surface area contributed by atoms with Gasteiger partial charge < -0.3 is 10.3 Å². The zero-order valence-corrected chi connectivity index (χ0v) is 12.0. The molecule has 2 N–H and O–H groups in total. The van der Waals surface area contributed by atoms with Crippen LogP contribution in [-0.4, -0.2) is 15.9 Å². The van der Waals surface area contributed by atoms with Crippen molar-refractivity contribution in [3.63, 3.8) is 0 Å². The minimum atomic E-state index is -4.45. The number of benzene rings is 2. The zero-order valence-electron chi connectivity index (χ0n) is 12.0. The summed E-state index contributed by atoms with van der Waals surface area (Å²) in [7, 11) is 0. The molecule has 1 heterocycles. The van der Waals surface area contributed by atoms with Crippen LogP contribution in [0.5, 0.6) is 0 Å². The number of carbonyl (C=O) groups is 1. The number of fused-ring (bicyclic) bond motifs is 1. The van der Waals surface area contributed by atoms with E-state index < -0.39 is 17.6 Å². The van der Waals surface area contributed by atoms with E-state index in [-0.39, 0.29) is 5.69 Å². The molecule has 0 atom stereocenters. The van der Waals surface area contributed by atoms with Gasteiger partial charge in [0.2, 0.25) is 0 Å². The Hall–Kier alpha value is -2.83. The molecule has 0 bridgehead atoms. The van der Waals surface area contributed by atoms with Crippen molar-refractivity contribution < 1.29 is 18.0 Å². The average molecular weight is 319 g/mol. The molecule has 0 aliphatic rings. The van der Waals surface area contributed by atoms with Crippen LogP contribution in [0.25, 0.3) is 11.0 Å². The van der Waals surface area contributed by atoms with Crippen LogP contribution < -0.4 is 5.32 Å². The summed E-state index contributed by atoms with van der Waals surface area (Å²) in [5.74, 6) is 0.230. The first-order chi connectivity index (χ1) is 10.8. The fourth-order valence-corrected chi connectivity index (χ4v) is 2.25. The maximum Gasteiger partial charge on any atom is 0.416 e. The molecular formula is C16H12F3N3O. The van der Waals surface area contributed by atoms with Crippen molar-refractivity contribution in [3.8, 4) is 0 Å². The molecule has 1 amide bonds. The number of aromatic amines is 1. The Kier molecular flexibility index (Phi) is 3.55. The van der Waals surface area contributed by atoms with Gasteiger partial charge in [0.15, 0.2) is 0 Å². The number of amides is 1. The van der Waals surface area contributed by atoms with Crippen molar-refractivity contribution in [3.05, 3.63) is 59.4 Å². The molecule has 7 heteroatoms. The van der Waals surface area contributed by atoms with Crippen LogP contribution in [0.2, 0.25) is 0 Å². The SMILES string of the molecule is Cc1nc2ccc(C(=O)Nc3cccc(C(F)(F)F)c3)cc2[nH]1. The van der Waals surface area contributed by atoms with Crippen LogP contribution in [0, 0.1) is 6.92 Å². The number of aryl methyl sites for hydroxylation is 1. The predicted molar refractivity (Wildman–Crippen MR) is 80.2 cm³/mol. The highest BCUT2D eigenvalue weighted by Gasteiger charge is 2.30. The molecule has 0 saturated carbocycles. The van der Waals surface area contributed by atoms with Gasteiger partial charge in [0.25, 0.3) is 5.91 Å². The average Bonchev–Trinajstić information content (AvgIpc) is 2.85. The molecule has 0 aliphatic carbocycles. The Bertz CT molecular complexity index is 884. The van der Waals surface area contributed by atoms with Crippen molar-refractivity contribution in [2.24, 2.45) is 0 Å². The largest absolute Gasteiger partial charge is 0.416 e. The number of imidazole rings is 1. The first-order valence-electron chi connectivity index (χ1n) is 6.78. The molecule has 3 aromatic rings. The monoisotopic (exact) mass is 319 g/mol. The molecule has 0 radical (unpaired) electrons.